The Bertz CT molecular complexity index is 397. The van der Waals surface area contributed by atoms with Gasteiger partial charge in [0.2, 0.25) is 0 Å². The van der Waals surface area contributed by atoms with Crippen molar-refractivity contribution in [1.29, 1.82) is 0 Å². The molecule has 3 rings (SSSR count). The first-order valence-corrected chi connectivity index (χ1v) is 6.47. The Morgan fingerprint density at radius 2 is 2.06 bits per heavy atom. The second kappa shape index (κ2) is 4.97. The van der Waals surface area contributed by atoms with E-state index in [2.05, 4.69) is 36.1 Å². The molecule has 1 aromatic carbocycles. The molecule has 2 aliphatic rings. The molecule has 0 amide bonds. The van der Waals surface area contributed by atoms with Gasteiger partial charge in [0.25, 0.3) is 0 Å². The van der Waals surface area contributed by atoms with Crippen molar-refractivity contribution in [3.63, 3.8) is 0 Å². The van der Waals surface area contributed by atoms with E-state index in [1.165, 1.54) is 5.56 Å². The number of benzene rings is 1. The summed E-state index contributed by atoms with van der Waals surface area (Å²) in [6.45, 7) is 3.87. The lowest BCUT2D eigenvalue weighted by Gasteiger charge is -2.36. The normalized spacial score (nSPS) is 35.9. The van der Waals surface area contributed by atoms with Crippen molar-refractivity contribution in [3.8, 4) is 0 Å². The third-order valence-corrected chi connectivity index (χ3v) is 3.83. The third-order valence-electron chi connectivity index (χ3n) is 3.83. The van der Waals surface area contributed by atoms with Gasteiger partial charge >= 0.3 is 0 Å². The lowest BCUT2D eigenvalue weighted by Crippen LogP contribution is -2.49. The van der Waals surface area contributed by atoms with Crippen molar-refractivity contribution >= 4 is 0 Å². The van der Waals surface area contributed by atoms with Crippen LogP contribution in [0.25, 0.3) is 0 Å². The molecule has 1 N–H and O–H groups in total. The highest BCUT2D eigenvalue weighted by Gasteiger charge is 2.45. The zero-order valence-corrected chi connectivity index (χ0v) is 10.5. The van der Waals surface area contributed by atoms with Crippen molar-refractivity contribution in [1.82, 2.24) is 4.90 Å². The number of nitrogens with zero attached hydrogens (tertiary/aromatic N) is 1. The predicted molar refractivity (Wildman–Crippen MR) is 66.9 cm³/mol. The number of hydrogen-bond donors (Lipinski definition) is 1. The molecule has 2 saturated heterocycles. The molecule has 4 heteroatoms. The van der Waals surface area contributed by atoms with E-state index in [4.69, 9.17) is 9.47 Å². The molecule has 0 spiro atoms. The van der Waals surface area contributed by atoms with Crippen molar-refractivity contribution in [2.75, 3.05) is 13.2 Å². The van der Waals surface area contributed by atoms with Crippen LogP contribution in [0.2, 0.25) is 0 Å². The van der Waals surface area contributed by atoms with Crippen LogP contribution in [-0.4, -0.2) is 47.7 Å². The van der Waals surface area contributed by atoms with E-state index >= 15 is 0 Å². The molecule has 2 heterocycles. The smallest absolute Gasteiger partial charge is 0.173 e. The summed E-state index contributed by atoms with van der Waals surface area (Å²) in [4.78, 5) is 2.36. The van der Waals surface area contributed by atoms with Crippen LogP contribution in [0.1, 0.15) is 12.5 Å². The van der Waals surface area contributed by atoms with E-state index in [0.29, 0.717) is 0 Å². The molecule has 98 valence electrons. The minimum atomic E-state index is -0.204. The molecule has 18 heavy (non-hydrogen) atoms. The van der Waals surface area contributed by atoms with Crippen molar-refractivity contribution in [2.24, 2.45) is 0 Å². The predicted octanol–water partition coefficient (Wildman–Crippen LogP) is 0.993. The summed E-state index contributed by atoms with van der Waals surface area (Å²) >= 11 is 0. The lowest BCUT2D eigenvalue weighted by atomic mass is 10.1. The maximum Gasteiger partial charge on any atom is 0.173 e. The van der Waals surface area contributed by atoms with Crippen LogP contribution < -0.4 is 0 Å². The van der Waals surface area contributed by atoms with Gasteiger partial charge in [-0.25, -0.2) is 0 Å². The van der Waals surface area contributed by atoms with Gasteiger partial charge in [-0.15, -0.1) is 0 Å². The SMILES string of the molecule is C[C@@H]1[C@H]2O[C@@H](CN1Cc1ccccc1)[C@@H](CO)O2. The van der Waals surface area contributed by atoms with Crippen LogP contribution in [0.3, 0.4) is 0 Å². The highest BCUT2D eigenvalue weighted by molar-refractivity contribution is 5.15. The summed E-state index contributed by atoms with van der Waals surface area (Å²) in [6.07, 6.45) is -0.372. The minimum absolute atomic E-state index is 0.0000813. The zero-order valence-electron chi connectivity index (χ0n) is 10.5. The minimum Gasteiger partial charge on any atom is -0.394 e. The summed E-state index contributed by atoms with van der Waals surface area (Å²) in [5, 5.41) is 9.25. The quantitative estimate of drug-likeness (QED) is 0.867. The highest BCUT2D eigenvalue weighted by atomic mass is 16.7. The number of aliphatic hydroxyl groups is 1. The Hall–Kier alpha value is -0.940. The molecule has 2 aliphatic heterocycles. The summed E-state index contributed by atoms with van der Waals surface area (Å²) in [5.41, 5.74) is 1.30. The largest absolute Gasteiger partial charge is 0.394 e. The number of ether oxygens (including phenoxy) is 2. The standard InChI is InChI=1S/C14H19NO3/c1-10-14-17-12(13(9-16)18-14)8-15(10)7-11-5-3-2-4-6-11/h2-6,10,12-14,16H,7-9H2,1H3/t10-,12+,13-,14+/m1/s1. The zero-order chi connectivity index (χ0) is 12.5. The second-order valence-electron chi connectivity index (χ2n) is 5.06. The third kappa shape index (κ3) is 2.17. The van der Waals surface area contributed by atoms with Crippen LogP contribution >= 0.6 is 0 Å². The van der Waals surface area contributed by atoms with Crippen LogP contribution in [0.5, 0.6) is 0 Å². The van der Waals surface area contributed by atoms with Gasteiger partial charge in [-0.3, -0.25) is 4.90 Å². The monoisotopic (exact) mass is 249 g/mol. The molecule has 1 aromatic rings. The average Bonchev–Trinajstić information content (AvgIpc) is 2.76. The molecule has 0 unspecified atom stereocenters. The van der Waals surface area contributed by atoms with E-state index in [9.17, 15) is 5.11 Å². The van der Waals surface area contributed by atoms with E-state index in [-0.39, 0.29) is 31.1 Å². The Labute approximate surface area is 107 Å². The topological polar surface area (TPSA) is 41.9 Å². The molecule has 0 radical (unpaired) electrons. The molecular weight excluding hydrogens is 230 g/mol. The average molecular weight is 249 g/mol. The number of morpholine rings is 1. The van der Waals surface area contributed by atoms with Crippen LogP contribution in [0.4, 0.5) is 0 Å². The molecule has 4 atom stereocenters. The summed E-state index contributed by atoms with van der Waals surface area (Å²) < 4.78 is 11.5. The lowest BCUT2D eigenvalue weighted by molar-refractivity contribution is -0.145. The van der Waals surface area contributed by atoms with Gasteiger partial charge in [0, 0.05) is 13.1 Å². The van der Waals surface area contributed by atoms with E-state index < -0.39 is 0 Å². The first-order valence-electron chi connectivity index (χ1n) is 6.47. The van der Waals surface area contributed by atoms with Crippen LogP contribution in [0, 0.1) is 0 Å². The number of rotatable bonds is 3. The first kappa shape index (κ1) is 12.1. The molecule has 4 nitrogen and oxygen atoms in total. The Kier molecular flexibility index (Phi) is 3.35. The van der Waals surface area contributed by atoms with E-state index in [1.54, 1.807) is 0 Å². The van der Waals surface area contributed by atoms with Gasteiger partial charge in [0.05, 0.1) is 12.6 Å². The number of hydrogen-bond acceptors (Lipinski definition) is 4. The second-order valence-corrected chi connectivity index (χ2v) is 5.06. The van der Waals surface area contributed by atoms with Gasteiger partial charge < -0.3 is 14.6 Å². The summed E-state index contributed by atoms with van der Waals surface area (Å²) in [5.74, 6) is 0. The number of fused-ring (bicyclic) bond motifs is 2. The molecule has 0 aliphatic carbocycles. The van der Waals surface area contributed by atoms with Gasteiger partial charge in [-0.1, -0.05) is 30.3 Å². The highest BCUT2D eigenvalue weighted by Crippen LogP contribution is 2.30. The maximum atomic E-state index is 9.25. The van der Waals surface area contributed by atoms with Gasteiger partial charge in [-0.05, 0) is 12.5 Å². The first-order chi connectivity index (χ1) is 8.78. The maximum absolute atomic E-state index is 9.25. The number of aliphatic hydroxyl groups excluding tert-OH is 1. The fourth-order valence-corrected chi connectivity index (χ4v) is 2.70. The summed E-state index contributed by atoms with van der Waals surface area (Å²) in [6, 6.07) is 10.6. The molecule has 0 aromatic heterocycles. The Balaban J connectivity index is 1.71. The molecule has 2 bridgehead atoms. The van der Waals surface area contributed by atoms with Crippen LogP contribution in [-0.2, 0) is 16.0 Å². The van der Waals surface area contributed by atoms with Crippen molar-refractivity contribution < 1.29 is 14.6 Å². The van der Waals surface area contributed by atoms with Crippen LogP contribution in [0.15, 0.2) is 30.3 Å². The fraction of sp³-hybridized carbons (Fsp3) is 0.571. The Morgan fingerprint density at radius 1 is 1.28 bits per heavy atom. The van der Waals surface area contributed by atoms with Gasteiger partial charge in [0.15, 0.2) is 6.29 Å². The van der Waals surface area contributed by atoms with E-state index in [0.717, 1.165) is 13.1 Å². The summed E-state index contributed by atoms with van der Waals surface area (Å²) in [7, 11) is 0. The molecule has 0 saturated carbocycles. The van der Waals surface area contributed by atoms with Crippen molar-refractivity contribution in [2.45, 2.75) is 38.0 Å². The Morgan fingerprint density at radius 3 is 2.78 bits per heavy atom. The molecular formula is C14H19NO3. The van der Waals surface area contributed by atoms with Crippen molar-refractivity contribution in [3.05, 3.63) is 35.9 Å². The fourth-order valence-electron chi connectivity index (χ4n) is 2.70. The molecule has 2 fully saturated rings. The van der Waals surface area contributed by atoms with Gasteiger partial charge in [-0.2, -0.15) is 0 Å². The van der Waals surface area contributed by atoms with E-state index in [1.807, 2.05) is 6.07 Å². The van der Waals surface area contributed by atoms with Gasteiger partial charge in [0.1, 0.15) is 12.2 Å².